The first-order valence-electron chi connectivity index (χ1n) is 10.1. The fraction of sp³-hybridized carbons (Fsp3) is 0.286. The molecular formula is C21H25N8O2+. The molecule has 4 rings (SSSR count). The van der Waals surface area contributed by atoms with E-state index in [9.17, 15) is 0 Å². The number of quaternary nitrogens is 1. The molecule has 3 heterocycles. The molecule has 0 amide bonds. The summed E-state index contributed by atoms with van der Waals surface area (Å²) in [6.07, 6.45) is 2.55. The van der Waals surface area contributed by atoms with Crippen LogP contribution >= 0.6 is 0 Å². The zero-order chi connectivity index (χ0) is 21.6. The molecular weight excluding hydrogens is 396 g/mol. The topological polar surface area (TPSA) is 133 Å². The lowest BCUT2D eigenvalue weighted by atomic mass is 10.2. The molecule has 4 N–H and O–H groups in total. The van der Waals surface area contributed by atoms with Crippen LogP contribution in [0.1, 0.15) is 30.6 Å². The van der Waals surface area contributed by atoms with Crippen LogP contribution < -0.4 is 16.0 Å². The van der Waals surface area contributed by atoms with Crippen molar-refractivity contribution in [3.05, 3.63) is 59.9 Å². The third-order valence-corrected chi connectivity index (χ3v) is 4.70. The zero-order valence-electron chi connectivity index (χ0n) is 17.5. The van der Waals surface area contributed by atoms with Crippen molar-refractivity contribution in [2.75, 3.05) is 17.6 Å². The number of para-hydroxylation sites is 1. The first kappa shape index (κ1) is 20.5. The lowest BCUT2D eigenvalue weighted by Crippen LogP contribution is -3.09. The second-order valence-corrected chi connectivity index (χ2v) is 7.21. The Morgan fingerprint density at radius 2 is 1.90 bits per heavy atom. The smallest absolute Gasteiger partial charge is 0.283 e. The van der Waals surface area contributed by atoms with Crippen molar-refractivity contribution < 1.29 is 13.7 Å². The number of nitrogens with one attached hydrogen (secondary N) is 2. The summed E-state index contributed by atoms with van der Waals surface area (Å²) in [5.74, 6) is 2.63. The second kappa shape index (κ2) is 9.35. The minimum Gasteiger partial charge on any atom is -0.459 e. The molecule has 1 atom stereocenters. The monoisotopic (exact) mass is 421 g/mol. The molecule has 1 unspecified atom stereocenters. The number of benzene rings is 1. The number of hydrogen-bond acceptors (Lipinski definition) is 9. The molecule has 0 saturated carbocycles. The van der Waals surface area contributed by atoms with Crippen LogP contribution in [0.25, 0.3) is 11.7 Å². The van der Waals surface area contributed by atoms with Gasteiger partial charge in [0.15, 0.2) is 18.1 Å². The highest BCUT2D eigenvalue weighted by Crippen LogP contribution is 2.18. The minimum absolute atomic E-state index is 0.176. The quantitative estimate of drug-likeness (QED) is 0.372. The van der Waals surface area contributed by atoms with E-state index in [-0.39, 0.29) is 5.95 Å². The highest BCUT2D eigenvalue weighted by atomic mass is 16.4. The van der Waals surface area contributed by atoms with Gasteiger partial charge in [-0.05, 0) is 37.1 Å². The van der Waals surface area contributed by atoms with Gasteiger partial charge in [-0.15, -0.1) is 10.2 Å². The van der Waals surface area contributed by atoms with Crippen molar-refractivity contribution >= 4 is 17.6 Å². The molecule has 0 spiro atoms. The average Bonchev–Trinajstić information content (AvgIpc) is 3.41. The summed E-state index contributed by atoms with van der Waals surface area (Å²) in [6.45, 7) is 6.09. The second-order valence-electron chi connectivity index (χ2n) is 7.21. The van der Waals surface area contributed by atoms with Crippen LogP contribution in [0.4, 0.5) is 17.6 Å². The summed E-state index contributed by atoms with van der Waals surface area (Å²) >= 11 is 0. The van der Waals surface area contributed by atoms with E-state index >= 15 is 0 Å². The van der Waals surface area contributed by atoms with Gasteiger partial charge in [-0.3, -0.25) is 0 Å². The Labute approximate surface area is 179 Å². The first-order valence-corrected chi connectivity index (χ1v) is 10.1. The Morgan fingerprint density at radius 3 is 2.68 bits per heavy atom. The molecule has 0 aliphatic rings. The number of aryl methyl sites for hydroxylation is 1. The Bertz CT molecular complexity index is 1130. The predicted molar refractivity (Wildman–Crippen MR) is 114 cm³/mol. The highest BCUT2D eigenvalue weighted by Gasteiger charge is 2.19. The summed E-state index contributed by atoms with van der Waals surface area (Å²) in [5.41, 5.74) is 7.96. The fourth-order valence-electron chi connectivity index (χ4n) is 3.26. The standard InChI is InChI=1S/C21H24N8O2/c1-3-10-29(13-18-27-28-19(31-18)16-9-6-11-30-16)12-17-24-20(22)26-21(25-17)23-15-8-5-4-7-14(15)2/h4-9,11H,3,10,12-13H2,1-2H3,(H3,22,23,24,25,26)/p+1. The maximum Gasteiger partial charge on any atom is 0.283 e. The maximum absolute atomic E-state index is 5.95. The van der Waals surface area contributed by atoms with E-state index in [1.54, 1.807) is 18.4 Å². The summed E-state index contributed by atoms with van der Waals surface area (Å²) < 4.78 is 11.1. The molecule has 0 aliphatic carbocycles. The van der Waals surface area contributed by atoms with E-state index in [1.165, 1.54) is 4.90 Å². The molecule has 3 aromatic heterocycles. The van der Waals surface area contributed by atoms with Crippen LogP contribution in [0.5, 0.6) is 0 Å². The van der Waals surface area contributed by atoms with E-state index in [0.29, 0.717) is 42.4 Å². The normalized spacial score (nSPS) is 12.1. The van der Waals surface area contributed by atoms with Crippen molar-refractivity contribution in [1.82, 2.24) is 25.1 Å². The molecule has 0 aliphatic heterocycles. The van der Waals surface area contributed by atoms with Gasteiger partial charge in [-0.1, -0.05) is 25.1 Å². The number of nitrogen functional groups attached to an aromatic ring is 1. The van der Waals surface area contributed by atoms with E-state index in [2.05, 4.69) is 37.4 Å². The third kappa shape index (κ3) is 5.23. The van der Waals surface area contributed by atoms with Crippen molar-refractivity contribution in [1.29, 1.82) is 0 Å². The van der Waals surface area contributed by atoms with Crippen LogP contribution in [-0.4, -0.2) is 31.7 Å². The van der Waals surface area contributed by atoms with E-state index in [4.69, 9.17) is 14.6 Å². The summed E-state index contributed by atoms with van der Waals surface area (Å²) in [5, 5.41) is 11.4. The maximum atomic E-state index is 5.95. The van der Waals surface area contributed by atoms with Gasteiger partial charge in [-0.25, -0.2) is 0 Å². The summed E-state index contributed by atoms with van der Waals surface area (Å²) in [7, 11) is 0. The van der Waals surface area contributed by atoms with Gasteiger partial charge >= 0.3 is 0 Å². The van der Waals surface area contributed by atoms with Crippen LogP contribution in [0.15, 0.2) is 51.5 Å². The molecule has 10 heteroatoms. The number of hydrogen-bond donors (Lipinski definition) is 3. The number of furan rings is 1. The zero-order valence-corrected chi connectivity index (χ0v) is 17.5. The van der Waals surface area contributed by atoms with E-state index in [0.717, 1.165) is 24.2 Å². The van der Waals surface area contributed by atoms with Crippen molar-refractivity contribution in [2.45, 2.75) is 33.4 Å². The molecule has 0 saturated heterocycles. The molecule has 10 nitrogen and oxygen atoms in total. The minimum atomic E-state index is 0.176. The number of rotatable bonds is 9. The highest BCUT2D eigenvalue weighted by molar-refractivity contribution is 5.58. The number of anilines is 3. The fourth-order valence-corrected chi connectivity index (χ4v) is 3.26. The van der Waals surface area contributed by atoms with Crippen LogP contribution in [0.2, 0.25) is 0 Å². The largest absolute Gasteiger partial charge is 0.459 e. The Kier molecular flexibility index (Phi) is 6.18. The average molecular weight is 421 g/mol. The number of aromatic nitrogens is 5. The van der Waals surface area contributed by atoms with Gasteiger partial charge in [0, 0.05) is 5.69 Å². The first-order chi connectivity index (χ1) is 15.1. The van der Waals surface area contributed by atoms with Crippen molar-refractivity contribution in [3.8, 4) is 11.7 Å². The molecule has 1 aromatic carbocycles. The van der Waals surface area contributed by atoms with Gasteiger partial charge in [0.05, 0.1) is 12.8 Å². The van der Waals surface area contributed by atoms with Crippen LogP contribution in [0.3, 0.4) is 0 Å². The van der Waals surface area contributed by atoms with Gasteiger partial charge < -0.3 is 24.8 Å². The lowest BCUT2D eigenvalue weighted by Gasteiger charge is -2.16. The summed E-state index contributed by atoms with van der Waals surface area (Å²) in [4.78, 5) is 14.3. The van der Waals surface area contributed by atoms with Crippen molar-refractivity contribution in [2.24, 2.45) is 0 Å². The number of nitrogens with zero attached hydrogens (tertiary/aromatic N) is 5. The van der Waals surface area contributed by atoms with Gasteiger partial charge in [0.25, 0.3) is 11.8 Å². The third-order valence-electron chi connectivity index (χ3n) is 4.70. The number of nitrogens with two attached hydrogens (primary N) is 1. The molecule has 4 aromatic rings. The van der Waals surface area contributed by atoms with Crippen LogP contribution in [-0.2, 0) is 13.1 Å². The Hall–Kier alpha value is -3.79. The summed E-state index contributed by atoms with van der Waals surface area (Å²) in [6, 6.07) is 11.5. The van der Waals surface area contributed by atoms with E-state index in [1.807, 2.05) is 31.2 Å². The SMILES string of the molecule is CCC[NH+](Cc1nc(N)nc(Nc2ccccc2C)n1)Cc1nnc(-c2ccco2)o1. The van der Waals surface area contributed by atoms with Gasteiger partial charge in [-0.2, -0.15) is 15.0 Å². The molecule has 31 heavy (non-hydrogen) atoms. The van der Waals surface area contributed by atoms with Crippen LogP contribution in [0, 0.1) is 6.92 Å². The molecule has 0 fully saturated rings. The van der Waals surface area contributed by atoms with Gasteiger partial charge in [0.2, 0.25) is 11.9 Å². The Morgan fingerprint density at radius 1 is 1.03 bits per heavy atom. The predicted octanol–water partition coefficient (Wildman–Crippen LogP) is 2.14. The molecule has 0 radical (unpaired) electrons. The van der Waals surface area contributed by atoms with Gasteiger partial charge in [0.1, 0.15) is 6.54 Å². The van der Waals surface area contributed by atoms with E-state index < -0.39 is 0 Å². The lowest BCUT2D eigenvalue weighted by molar-refractivity contribution is -0.929. The van der Waals surface area contributed by atoms with Crippen molar-refractivity contribution in [3.63, 3.8) is 0 Å². The Balaban J connectivity index is 1.49. The molecule has 0 bridgehead atoms. The molecule has 160 valence electrons.